The molecule has 1 aromatic heterocycles. The van der Waals surface area contributed by atoms with Gasteiger partial charge in [0.25, 0.3) is 0 Å². The predicted octanol–water partition coefficient (Wildman–Crippen LogP) is 1.73. The van der Waals surface area contributed by atoms with Gasteiger partial charge in [0.05, 0.1) is 17.6 Å². The largest absolute Gasteiger partial charge is 0.266 e. The zero-order valence-electron chi connectivity index (χ0n) is 7.12. The van der Waals surface area contributed by atoms with Gasteiger partial charge < -0.3 is 0 Å². The summed E-state index contributed by atoms with van der Waals surface area (Å²) in [6.45, 7) is 10.8. The molecule has 0 N–H and O–H groups in total. The fourth-order valence-corrected chi connectivity index (χ4v) is 1.03. The monoisotopic (exact) mass is 161 g/mol. The first kappa shape index (κ1) is 8.46. The maximum atomic E-state index is 4.05. The minimum atomic E-state index is 0.616. The van der Waals surface area contributed by atoms with Crippen LogP contribution < -0.4 is 0 Å². The maximum Gasteiger partial charge on any atom is 0.0928 e. The lowest BCUT2D eigenvalue weighted by molar-refractivity contribution is 0.755. The summed E-state index contributed by atoms with van der Waals surface area (Å²) < 4.78 is 1.70. The first-order valence-corrected chi connectivity index (χ1v) is 3.51. The van der Waals surface area contributed by atoms with Crippen LogP contribution in [0.15, 0.2) is 24.3 Å². The van der Waals surface area contributed by atoms with E-state index in [0.29, 0.717) is 5.70 Å². The summed E-state index contributed by atoms with van der Waals surface area (Å²) in [4.78, 5) is 3.75. The van der Waals surface area contributed by atoms with Crippen molar-refractivity contribution in [1.82, 2.24) is 9.78 Å². The van der Waals surface area contributed by atoms with E-state index in [1.807, 2.05) is 7.05 Å². The van der Waals surface area contributed by atoms with Gasteiger partial charge in [-0.15, -0.1) is 0 Å². The van der Waals surface area contributed by atoms with Gasteiger partial charge in [0.1, 0.15) is 0 Å². The van der Waals surface area contributed by atoms with Crippen molar-refractivity contribution >= 4 is 18.5 Å². The summed E-state index contributed by atoms with van der Waals surface area (Å²) in [5.41, 5.74) is 2.40. The Hall–Kier alpha value is -1.64. The number of aryl methyl sites for hydroxylation is 1. The van der Waals surface area contributed by atoms with Crippen LogP contribution in [-0.2, 0) is 7.05 Å². The fourth-order valence-electron chi connectivity index (χ4n) is 1.03. The van der Waals surface area contributed by atoms with E-state index in [4.69, 9.17) is 0 Å². The molecule has 3 heteroatoms. The highest BCUT2D eigenvalue weighted by Gasteiger charge is 2.07. The minimum absolute atomic E-state index is 0.616. The van der Waals surface area contributed by atoms with Crippen LogP contribution in [0.5, 0.6) is 0 Å². The molecule has 0 aliphatic heterocycles. The molecule has 0 saturated carbocycles. The normalized spacial score (nSPS) is 9.42. The van der Waals surface area contributed by atoms with Crippen LogP contribution >= 0.6 is 0 Å². The predicted molar refractivity (Wildman–Crippen MR) is 51.9 cm³/mol. The second kappa shape index (κ2) is 3.17. The van der Waals surface area contributed by atoms with Gasteiger partial charge in [-0.25, -0.2) is 0 Å². The molecule has 0 radical (unpaired) electrons. The zero-order chi connectivity index (χ0) is 9.14. The molecular weight excluding hydrogens is 150 g/mol. The third kappa shape index (κ3) is 1.21. The SMILES string of the molecule is C=Cc1cnn(C)c1C(=C)N=C. The molecule has 1 rings (SSSR count). The molecule has 0 spiro atoms. The van der Waals surface area contributed by atoms with Crippen molar-refractivity contribution in [2.24, 2.45) is 12.0 Å². The van der Waals surface area contributed by atoms with Crippen molar-refractivity contribution in [3.8, 4) is 0 Å². The van der Waals surface area contributed by atoms with E-state index < -0.39 is 0 Å². The van der Waals surface area contributed by atoms with E-state index in [-0.39, 0.29) is 0 Å². The van der Waals surface area contributed by atoms with Crippen LogP contribution in [0.3, 0.4) is 0 Å². The number of hydrogen-bond acceptors (Lipinski definition) is 2. The maximum absolute atomic E-state index is 4.05. The number of nitrogens with zero attached hydrogens (tertiary/aromatic N) is 3. The molecule has 12 heavy (non-hydrogen) atoms. The molecule has 62 valence electrons. The molecular formula is C9H11N3. The summed E-state index contributed by atoms with van der Waals surface area (Å²) in [5, 5.41) is 4.05. The number of hydrogen-bond donors (Lipinski definition) is 0. The highest BCUT2D eigenvalue weighted by Crippen LogP contribution is 2.17. The summed E-state index contributed by atoms with van der Waals surface area (Å²) in [5.74, 6) is 0. The highest BCUT2D eigenvalue weighted by atomic mass is 15.3. The van der Waals surface area contributed by atoms with Crippen LogP contribution in [0, 0.1) is 0 Å². The molecule has 0 saturated heterocycles. The van der Waals surface area contributed by atoms with Crippen LogP contribution in [0.4, 0.5) is 0 Å². The average molecular weight is 161 g/mol. The van der Waals surface area contributed by atoms with E-state index in [1.165, 1.54) is 0 Å². The van der Waals surface area contributed by atoms with Gasteiger partial charge in [-0.3, -0.25) is 9.67 Å². The Balaban J connectivity index is 3.27. The Kier molecular flexibility index (Phi) is 2.24. The van der Waals surface area contributed by atoms with E-state index in [9.17, 15) is 0 Å². The van der Waals surface area contributed by atoms with Crippen molar-refractivity contribution in [3.63, 3.8) is 0 Å². The Morgan fingerprint density at radius 2 is 2.42 bits per heavy atom. The van der Waals surface area contributed by atoms with Gasteiger partial charge in [0.2, 0.25) is 0 Å². The van der Waals surface area contributed by atoms with E-state index in [0.717, 1.165) is 11.3 Å². The van der Waals surface area contributed by atoms with Crippen molar-refractivity contribution < 1.29 is 0 Å². The summed E-state index contributed by atoms with van der Waals surface area (Å²) >= 11 is 0. The summed E-state index contributed by atoms with van der Waals surface area (Å²) in [6, 6.07) is 0. The average Bonchev–Trinajstić information content (AvgIpc) is 2.45. The van der Waals surface area contributed by atoms with Crippen molar-refractivity contribution in [2.45, 2.75) is 0 Å². The Morgan fingerprint density at radius 1 is 1.75 bits per heavy atom. The lowest BCUT2D eigenvalue weighted by Gasteiger charge is -2.00. The van der Waals surface area contributed by atoms with E-state index >= 15 is 0 Å². The van der Waals surface area contributed by atoms with Crippen molar-refractivity contribution in [1.29, 1.82) is 0 Å². The van der Waals surface area contributed by atoms with Gasteiger partial charge in [-0.2, -0.15) is 5.10 Å². The highest BCUT2D eigenvalue weighted by molar-refractivity contribution is 5.71. The number of aliphatic imine (C=N–C) groups is 1. The topological polar surface area (TPSA) is 30.2 Å². The zero-order valence-corrected chi connectivity index (χ0v) is 7.12. The number of rotatable bonds is 3. The van der Waals surface area contributed by atoms with E-state index in [1.54, 1.807) is 17.0 Å². The second-order valence-corrected chi connectivity index (χ2v) is 2.38. The Labute approximate surface area is 71.7 Å². The summed E-state index contributed by atoms with van der Waals surface area (Å²) in [7, 11) is 1.83. The van der Waals surface area contributed by atoms with Gasteiger partial charge in [0, 0.05) is 12.6 Å². The van der Waals surface area contributed by atoms with Crippen molar-refractivity contribution in [2.75, 3.05) is 0 Å². The second-order valence-electron chi connectivity index (χ2n) is 2.38. The van der Waals surface area contributed by atoms with Crippen molar-refractivity contribution in [3.05, 3.63) is 30.6 Å². The molecule has 1 aromatic rings. The van der Waals surface area contributed by atoms with Crippen LogP contribution in [0.25, 0.3) is 11.8 Å². The van der Waals surface area contributed by atoms with Gasteiger partial charge in [0.15, 0.2) is 0 Å². The quantitative estimate of drug-likeness (QED) is 0.621. The lowest BCUT2D eigenvalue weighted by atomic mass is 10.2. The molecule has 0 aromatic carbocycles. The first-order chi connectivity index (χ1) is 5.70. The molecule has 3 nitrogen and oxygen atoms in total. The van der Waals surface area contributed by atoms with Crippen LogP contribution in [0.1, 0.15) is 11.3 Å². The van der Waals surface area contributed by atoms with E-state index in [2.05, 4.69) is 30.0 Å². The van der Waals surface area contributed by atoms with Crippen LogP contribution in [-0.4, -0.2) is 16.5 Å². The Bertz CT molecular complexity index is 334. The third-order valence-electron chi connectivity index (χ3n) is 1.65. The first-order valence-electron chi connectivity index (χ1n) is 3.51. The van der Waals surface area contributed by atoms with Crippen LogP contribution in [0.2, 0.25) is 0 Å². The van der Waals surface area contributed by atoms with Gasteiger partial charge >= 0.3 is 0 Å². The molecule has 0 bridgehead atoms. The molecule has 0 amide bonds. The lowest BCUT2D eigenvalue weighted by Crippen LogP contribution is -1.96. The van der Waals surface area contributed by atoms with Gasteiger partial charge in [-0.05, 0) is 6.72 Å². The molecule has 0 atom stereocenters. The Morgan fingerprint density at radius 3 is 2.92 bits per heavy atom. The fraction of sp³-hybridized carbons (Fsp3) is 0.111. The third-order valence-corrected chi connectivity index (χ3v) is 1.65. The summed E-state index contributed by atoms with van der Waals surface area (Å²) in [6.07, 6.45) is 3.44. The molecule has 0 aliphatic carbocycles. The standard InChI is InChI=1S/C9H11N3/c1-5-8-6-11-12(4)9(8)7(2)10-3/h5-6H,1-3H2,4H3. The number of aromatic nitrogens is 2. The molecule has 0 aliphatic rings. The molecule has 1 heterocycles. The smallest absolute Gasteiger partial charge is 0.0928 e. The van der Waals surface area contributed by atoms with Gasteiger partial charge in [-0.1, -0.05) is 19.2 Å². The molecule has 0 fully saturated rings. The minimum Gasteiger partial charge on any atom is -0.266 e. The molecule has 0 unspecified atom stereocenters.